The zero-order valence-electron chi connectivity index (χ0n) is 25.9. The fourth-order valence-corrected chi connectivity index (χ4v) is 8.11. The maximum absolute atomic E-state index is 3.81. The maximum atomic E-state index is 3.81. The lowest BCUT2D eigenvalue weighted by Crippen LogP contribution is -2.25. The molecule has 48 heavy (non-hydrogen) atoms. The molecular formula is C44H30I2N2. The second kappa shape index (κ2) is 13.5. The highest BCUT2D eigenvalue weighted by atomic mass is 127. The highest BCUT2D eigenvalue weighted by molar-refractivity contribution is 14.1. The van der Waals surface area contributed by atoms with Crippen molar-refractivity contribution in [2.75, 3.05) is 10.4 Å². The van der Waals surface area contributed by atoms with Crippen LogP contribution in [0.25, 0.3) is 54.9 Å². The number of halogens is 2. The summed E-state index contributed by atoms with van der Waals surface area (Å²) in [5.41, 5.74) is 14.2. The van der Waals surface area contributed by atoms with Gasteiger partial charge in [-0.05, 0) is 120 Å². The largest absolute Gasteiger partial charge is 0.294 e. The molecule has 0 bridgehead atoms. The quantitative estimate of drug-likeness (QED) is 0.127. The third-order valence-corrected chi connectivity index (χ3v) is 10.6. The number of nitrogens with zero attached hydrogens (tertiary/aromatic N) is 1. The van der Waals surface area contributed by atoms with Crippen molar-refractivity contribution in [2.45, 2.75) is 0 Å². The molecule has 0 atom stereocenters. The average Bonchev–Trinajstić information content (AvgIpc) is 3.15. The van der Waals surface area contributed by atoms with Gasteiger partial charge in [-0.3, -0.25) is 10.4 Å². The molecule has 0 aromatic heterocycles. The van der Waals surface area contributed by atoms with Crippen molar-refractivity contribution in [3.05, 3.63) is 183 Å². The van der Waals surface area contributed by atoms with Gasteiger partial charge in [0, 0.05) is 29.4 Å². The number of rotatable bonds is 7. The number of hydrogen-bond donors (Lipinski definition) is 1. The fraction of sp³-hybridized carbons (Fsp3) is 0. The number of nitrogens with one attached hydrogen (secondary N) is 1. The first-order chi connectivity index (χ1) is 23.7. The molecule has 0 unspecified atom stereocenters. The highest BCUT2D eigenvalue weighted by Gasteiger charge is 2.27. The van der Waals surface area contributed by atoms with Gasteiger partial charge in [0.25, 0.3) is 0 Å². The minimum absolute atomic E-state index is 1.01. The van der Waals surface area contributed by atoms with E-state index in [2.05, 4.69) is 232 Å². The van der Waals surface area contributed by atoms with E-state index in [4.69, 9.17) is 0 Å². The molecule has 0 amide bonds. The van der Waals surface area contributed by atoms with Gasteiger partial charge in [-0.15, -0.1) is 0 Å². The Labute approximate surface area is 308 Å². The van der Waals surface area contributed by atoms with E-state index in [-0.39, 0.29) is 0 Å². The van der Waals surface area contributed by atoms with Crippen LogP contribution in [0.1, 0.15) is 0 Å². The second-order valence-corrected chi connectivity index (χ2v) is 14.0. The van der Waals surface area contributed by atoms with Crippen molar-refractivity contribution >= 4 is 83.8 Å². The van der Waals surface area contributed by atoms with Crippen LogP contribution in [0.5, 0.6) is 0 Å². The van der Waals surface area contributed by atoms with Gasteiger partial charge in [-0.2, -0.15) is 0 Å². The fourth-order valence-electron chi connectivity index (χ4n) is 6.63. The van der Waals surface area contributed by atoms with E-state index >= 15 is 0 Å². The molecule has 1 N–H and O–H groups in total. The van der Waals surface area contributed by atoms with E-state index in [1.807, 2.05) is 0 Å². The van der Waals surface area contributed by atoms with Crippen molar-refractivity contribution in [3.8, 4) is 33.4 Å². The monoisotopic (exact) mass is 840 g/mol. The van der Waals surface area contributed by atoms with Crippen LogP contribution >= 0.6 is 45.2 Å². The molecule has 0 radical (unpaired) electrons. The minimum Gasteiger partial charge on any atom is -0.294 e. The maximum Gasteiger partial charge on any atom is 0.0716 e. The van der Waals surface area contributed by atoms with E-state index in [1.165, 1.54) is 62.1 Å². The topological polar surface area (TPSA) is 15.3 Å². The molecule has 8 aromatic carbocycles. The smallest absolute Gasteiger partial charge is 0.0716 e. The average molecular weight is 841 g/mol. The SMILES string of the molecule is Ic1ccc2ccccc2c1-c1c(-c2ccccc2)ccc(N(Nc2ccccc2)c2ccccc2)c1-c1c(I)ccc2ccccc12. The summed E-state index contributed by atoms with van der Waals surface area (Å²) in [5.74, 6) is 0. The lowest BCUT2D eigenvalue weighted by Gasteiger charge is -2.32. The van der Waals surface area contributed by atoms with Gasteiger partial charge in [0.2, 0.25) is 0 Å². The van der Waals surface area contributed by atoms with Crippen LogP contribution in [0, 0.1) is 7.14 Å². The zero-order chi connectivity index (χ0) is 32.5. The molecule has 0 aliphatic rings. The molecule has 0 saturated carbocycles. The Morgan fingerprint density at radius 3 is 1.50 bits per heavy atom. The second-order valence-electron chi connectivity index (χ2n) is 11.7. The Balaban J connectivity index is 1.58. The van der Waals surface area contributed by atoms with Crippen LogP contribution in [0.2, 0.25) is 0 Å². The van der Waals surface area contributed by atoms with Gasteiger partial charge >= 0.3 is 0 Å². The Bertz CT molecular complexity index is 2390. The molecule has 230 valence electrons. The van der Waals surface area contributed by atoms with Crippen molar-refractivity contribution in [2.24, 2.45) is 0 Å². The Morgan fingerprint density at radius 2 is 0.896 bits per heavy atom. The Hall–Kier alpha value is -4.66. The first-order valence-electron chi connectivity index (χ1n) is 15.9. The molecule has 0 spiro atoms. The van der Waals surface area contributed by atoms with Gasteiger partial charge in [0.05, 0.1) is 17.1 Å². The zero-order valence-corrected chi connectivity index (χ0v) is 30.3. The molecule has 0 heterocycles. The van der Waals surface area contributed by atoms with Gasteiger partial charge < -0.3 is 0 Å². The molecule has 0 aliphatic carbocycles. The molecule has 8 aromatic rings. The molecular weight excluding hydrogens is 810 g/mol. The lowest BCUT2D eigenvalue weighted by molar-refractivity contribution is 1.16. The predicted molar refractivity (Wildman–Crippen MR) is 222 cm³/mol. The summed E-state index contributed by atoms with van der Waals surface area (Å²) in [4.78, 5) is 0. The third-order valence-electron chi connectivity index (χ3n) is 8.79. The molecule has 4 heteroatoms. The Kier molecular flexibility index (Phi) is 8.59. The van der Waals surface area contributed by atoms with Crippen molar-refractivity contribution in [1.29, 1.82) is 0 Å². The van der Waals surface area contributed by atoms with E-state index in [9.17, 15) is 0 Å². The third kappa shape index (κ3) is 5.73. The molecule has 2 nitrogen and oxygen atoms in total. The highest BCUT2D eigenvalue weighted by Crippen LogP contribution is 2.52. The number of hydrazine groups is 1. The summed E-state index contributed by atoms with van der Waals surface area (Å²) in [6.45, 7) is 0. The van der Waals surface area contributed by atoms with E-state index in [0.717, 1.165) is 17.1 Å². The molecule has 8 rings (SSSR count). The van der Waals surface area contributed by atoms with Gasteiger partial charge in [-0.1, -0.05) is 133 Å². The Morgan fingerprint density at radius 1 is 0.396 bits per heavy atom. The number of hydrogen-bond acceptors (Lipinski definition) is 2. The summed E-state index contributed by atoms with van der Waals surface area (Å²) in [6.07, 6.45) is 0. The van der Waals surface area contributed by atoms with Crippen LogP contribution in [-0.4, -0.2) is 0 Å². The molecule has 0 saturated heterocycles. The van der Waals surface area contributed by atoms with E-state index in [0.29, 0.717) is 0 Å². The van der Waals surface area contributed by atoms with Gasteiger partial charge in [0.15, 0.2) is 0 Å². The van der Waals surface area contributed by atoms with Crippen LogP contribution in [0.3, 0.4) is 0 Å². The first-order valence-corrected chi connectivity index (χ1v) is 18.1. The van der Waals surface area contributed by atoms with Crippen LogP contribution in [-0.2, 0) is 0 Å². The van der Waals surface area contributed by atoms with E-state index < -0.39 is 0 Å². The molecule has 0 aliphatic heterocycles. The lowest BCUT2D eigenvalue weighted by atomic mass is 9.83. The summed E-state index contributed by atoms with van der Waals surface area (Å²) >= 11 is 5.08. The van der Waals surface area contributed by atoms with Crippen molar-refractivity contribution < 1.29 is 0 Å². The number of fused-ring (bicyclic) bond motifs is 2. The van der Waals surface area contributed by atoms with Crippen molar-refractivity contribution in [3.63, 3.8) is 0 Å². The number of anilines is 3. The summed E-state index contributed by atoms with van der Waals surface area (Å²) in [7, 11) is 0. The number of para-hydroxylation sites is 2. The van der Waals surface area contributed by atoms with Crippen molar-refractivity contribution in [1.82, 2.24) is 0 Å². The van der Waals surface area contributed by atoms with E-state index in [1.54, 1.807) is 0 Å². The minimum atomic E-state index is 1.01. The van der Waals surface area contributed by atoms with Crippen LogP contribution in [0.15, 0.2) is 176 Å². The summed E-state index contributed by atoms with van der Waals surface area (Å²) < 4.78 is 2.40. The van der Waals surface area contributed by atoms with Crippen LogP contribution in [0.4, 0.5) is 17.1 Å². The van der Waals surface area contributed by atoms with Gasteiger partial charge in [-0.25, -0.2) is 0 Å². The summed E-state index contributed by atoms with van der Waals surface area (Å²) in [6, 6.07) is 63.0. The standard InChI is InChI=1S/C44H30I2N2/c45-38-27-24-31-16-10-12-22-35(31)41(38)43-37(30-14-4-1-5-15-30)26-29-40(44(43)42-36-23-13-11-17-32(36)25-28-39(42)46)48(34-20-8-3-9-21-34)47-33-18-6-2-7-19-33/h1-29,47H. The van der Waals surface area contributed by atoms with Gasteiger partial charge in [0.1, 0.15) is 0 Å². The van der Waals surface area contributed by atoms with Crippen LogP contribution < -0.4 is 10.4 Å². The number of benzene rings is 8. The first kappa shape index (κ1) is 30.7. The predicted octanol–water partition coefficient (Wildman–Crippen LogP) is 13.4. The summed E-state index contributed by atoms with van der Waals surface area (Å²) in [5, 5.41) is 7.14. The normalized spacial score (nSPS) is 11.1. The molecule has 0 fully saturated rings.